The van der Waals surface area contributed by atoms with E-state index in [1.807, 2.05) is 0 Å². The third-order valence-corrected chi connectivity index (χ3v) is 1.74. The summed E-state index contributed by atoms with van der Waals surface area (Å²) in [6.45, 7) is 0. The Labute approximate surface area is 73.8 Å². The number of hydrogen-bond acceptors (Lipinski definition) is 5. The number of nitrogen functional groups attached to an aromatic ring is 1. The van der Waals surface area contributed by atoms with Crippen molar-refractivity contribution in [2.75, 3.05) is 5.73 Å². The van der Waals surface area contributed by atoms with Crippen molar-refractivity contribution in [1.82, 2.24) is 0 Å². The van der Waals surface area contributed by atoms with E-state index in [-0.39, 0.29) is 11.5 Å². The van der Waals surface area contributed by atoms with E-state index in [1.54, 1.807) is 0 Å². The first kappa shape index (κ1) is 9.11. The Morgan fingerprint density at radius 2 is 2.08 bits per heavy atom. The van der Waals surface area contributed by atoms with Gasteiger partial charge in [-0.1, -0.05) is 0 Å². The van der Waals surface area contributed by atoms with Crippen LogP contribution in [0.4, 0.5) is 5.69 Å². The predicted octanol–water partition coefficient (Wildman–Crippen LogP) is -1.56. The fourth-order valence-electron chi connectivity index (χ4n) is 0.660. The molecule has 0 bridgehead atoms. The molecule has 0 radical (unpaired) electrons. The number of hydrogen-bond donors (Lipinski definition) is 2. The van der Waals surface area contributed by atoms with Crippen LogP contribution >= 0.6 is 0 Å². The second-order valence-electron chi connectivity index (χ2n) is 1.99. The molecule has 1 aromatic carbocycles. The van der Waals surface area contributed by atoms with Crippen LogP contribution in [0.5, 0.6) is 11.5 Å². The molecule has 0 aliphatic heterocycles. The van der Waals surface area contributed by atoms with Crippen molar-refractivity contribution in [2.24, 2.45) is 0 Å². The normalized spacial score (nSPS) is 10.2. The lowest BCUT2D eigenvalue weighted by molar-refractivity contribution is -1.62. The lowest BCUT2D eigenvalue weighted by Gasteiger charge is -1.98. The van der Waals surface area contributed by atoms with Crippen molar-refractivity contribution in [3.8, 4) is 11.5 Å². The number of benzene rings is 1. The fourth-order valence-corrected chi connectivity index (χ4v) is 1.20. The molecule has 3 N–H and O–H groups in total. The summed E-state index contributed by atoms with van der Waals surface area (Å²) in [6, 6.07) is 3.93. The molecule has 1 rings (SSSR count). The van der Waals surface area contributed by atoms with Crippen LogP contribution in [0.3, 0.4) is 0 Å². The number of halogens is 1. The summed E-state index contributed by atoms with van der Waals surface area (Å²) in [6.07, 6.45) is 0. The number of anilines is 1. The van der Waals surface area contributed by atoms with E-state index in [0.717, 1.165) is 0 Å². The van der Waals surface area contributed by atoms with Gasteiger partial charge in [0.15, 0.2) is 5.75 Å². The summed E-state index contributed by atoms with van der Waals surface area (Å²) in [4.78, 5) is 0. The van der Waals surface area contributed by atoms with Crippen LogP contribution in [-0.2, 0) is 0 Å². The first-order valence-electron chi connectivity index (χ1n) is 2.92. The summed E-state index contributed by atoms with van der Waals surface area (Å²) in [5.41, 5.74) is 5.65. The first-order valence-corrected chi connectivity index (χ1v) is 4.86. The maximum Gasteiger partial charge on any atom is 0.501 e. The van der Waals surface area contributed by atoms with Crippen molar-refractivity contribution >= 4 is 5.69 Å². The molecule has 0 spiro atoms. The highest BCUT2D eigenvalue weighted by atomic mass is 80.0. The van der Waals surface area contributed by atoms with E-state index < -0.39 is 14.8 Å². The van der Waals surface area contributed by atoms with Crippen molar-refractivity contribution in [2.45, 2.75) is 0 Å². The second-order valence-corrected chi connectivity index (χ2v) is 3.11. The molecule has 0 amide bonds. The van der Waals surface area contributed by atoms with E-state index in [9.17, 15) is 8.40 Å². The number of nitrogens with two attached hydrogens (primary N) is 1. The quantitative estimate of drug-likeness (QED) is 0.477. The monoisotopic (exact) mass is 235 g/mol. The highest BCUT2D eigenvalue weighted by Crippen LogP contribution is 2.27. The summed E-state index contributed by atoms with van der Waals surface area (Å²) in [7, 11) is 0. The van der Waals surface area contributed by atoms with Gasteiger partial charge >= 0.3 is 14.8 Å². The number of phenolic OH excluding ortho intramolecular Hbond substituents is 1. The minimum atomic E-state index is -3.36. The van der Waals surface area contributed by atoms with Crippen molar-refractivity contribution in [1.29, 1.82) is 0 Å². The van der Waals surface area contributed by atoms with E-state index in [4.69, 9.17) is 10.8 Å². The predicted molar refractivity (Wildman–Crippen MR) is 33.1 cm³/mol. The average Bonchev–Trinajstić information content (AvgIpc) is 1.96. The van der Waals surface area contributed by atoms with Gasteiger partial charge in [0.25, 0.3) is 5.75 Å². The van der Waals surface area contributed by atoms with Crippen LogP contribution in [0, 0.1) is 14.8 Å². The minimum absolute atomic E-state index is 0.144. The maximum atomic E-state index is 10.1. The number of phenols is 1. The molecule has 0 aromatic heterocycles. The lowest BCUT2D eigenvalue weighted by Crippen LogP contribution is -2.36. The summed E-state index contributed by atoms with van der Waals surface area (Å²) in [5.74, 6) is -0.394. The Morgan fingerprint density at radius 1 is 1.42 bits per heavy atom. The summed E-state index contributed by atoms with van der Waals surface area (Å²) >= 11 is -3.36. The molecule has 66 valence electrons. The number of aromatic hydroxyl groups is 1. The zero-order valence-electron chi connectivity index (χ0n) is 5.86. The van der Waals surface area contributed by atoms with Gasteiger partial charge in [-0.25, -0.2) is 0 Å². The van der Waals surface area contributed by atoms with Gasteiger partial charge in [0.05, 0.1) is 0 Å². The second kappa shape index (κ2) is 3.61. The molecule has 1 aromatic rings. The van der Waals surface area contributed by atoms with Gasteiger partial charge in [0.1, 0.15) is 0 Å². The molecule has 0 heterocycles. The zero-order chi connectivity index (χ0) is 9.14. The molecular formula is C6H6BrNO4. The van der Waals surface area contributed by atoms with E-state index in [0.29, 0.717) is 5.69 Å². The van der Waals surface area contributed by atoms with Crippen LogP contribution < -0.4 is 18.0 Å². The van der Waals surface area contributed by atoms with E-state index >= 15 is 0 Å². The average molecular weight is 236 g/mol. The minimum Gasteiger partial charge on any atom is -0.504 e. The fraction of sp³-hybridized carbons (Fsp3) is 0. The molecule has 0 fully saturated rings. The van der Waals surface area contributed by atoms with Crippen LogP contribution in [0.2, 0.25) is 0 Å². The van der Waals surface area contributed by atoms with Gasteiger partial charge in [0.2, 0.25) is 0 Å². The van der Waals surface area contributed by atoms with Crippen LogP contribution in [0.15, 0.2) is 18.2 Å². The zero-order valence-corrected chi connectivity index (χ0v) is 7.45. The largest absolute Gasteiger partial charge is 0.504 e. The molecular weight excluding hydrogens is 230 g/mol. The molecule has 0 unspecified atom stereocenters. The topological polar surface area (TPSA) is 102 Å². The van der Waals surface area contributed by atoms with Gasteiger partial charge in [-0.15, -0.1) is 3.83 Å². The Kier molecular flexibility index (Phi) is 2.74. The van der Waals surface area contributed by atoms with Crippen molar-refractivity contribution in [3.63, 3.8) is 0 Å². The van der Waals surface area contributed by atoms with Crippen LogP contribution in [0.25, 0.3) is 0 Å². The highest BCUT2D eigenvalue weighted by molar-refractivity contribution is 5.50. The Morgan fingerprint density at radius 3 is 2.67 bits per heavy atom. The van der Waals surface area contributed by atoms with Gasteiger partial charge in [0, 0.05) is 11.8 Å². The first-order chi connectivity index (χ1) is 5.59. The highest BCUT2D eigenvalue weighted by Gasteiger charge is 2.16. The Hall–Kier alpha value is -0.980. The SMILES string of the molecule is Nc1ccc(O)c(O[Br+2]([O-])[O-])c1. The van der Waals surface area contributed by atoms with Gasteiger partial charge in [-0.2, -0.15) is 0 Å². The van der Waals surface area contributed by atoms with Crippen LogP contribution in [0.1, 0.15) is 0 Å². The summed E-state index contributed by atoms with van der Waals surface area (Å²) < 4.78 is 24.6. The molecule has 5 nitrogen and oxygen atoms in total. The molecule has 0 aliphatic carbocycles. The number of rotatable bonds is 2. The van der Waals surface area contributed by atoms with Crippen molar-refractivity contribution in [3.05, 3.63) is 18.2 Å². The molecule has 0 saturated carbocycles. The standard InChI is InChI=1S/C6H6BrNO4/c8-4-1-2-5(9)6(3-4)12-7(10)11/h1-3,9H,8H2. The van der Waals surface area contributed by atoms with Gasteiger partial charge in [-0.3, -0.25) is 0 Å². The molecule has 0 atom stereocenters. The van der Waals surface area contributed by atoms with Crippen molar-refractivity contribution < 1.29 is 32.1 Å². The molecule has 0 saturated heterocycles. The van der Waals surface area contributed by atoms with Gasteiger partial charge in [-0.05, 0) is 12.1 Å². The Balaban J connectivity index is 2.90. The molecule has 0 aliphatic rings. The van der Waals surface area contributed by atoms with Crippen LogP contribution in [-0.4, -0.2) is 5.11 Å². The molecule has 6 heteroatoms. The van der Waals surface area contributed by atoms with E-state index in [1.165, 1.54) is 18.2 Å². The smallest absolute Gasteiger partial charge is 0.501 e. The lowest BCUT2D eigenvalue weighted by atomic mass is 10.3. The third-order valence-electron chi connectivity index (χ3n) is 1.13. The van der Waals surface area contributed by atoms with Gasteiger partial charge < -0.3 is 19.2 Å². The maximum absolute atomic E-state index is 10.1. The Bertz CT molecular complexity index is 278. The summed E-state index contributed by atoms with van der Waals surface area (Å²) in [5, 5.41) is 9.04. The van der Waals surface area contributed by atoms with E-state index in [2.05, 4.69) is 3.83 Å². The third kappa shape index (κ3) is 2.26. The molecule has 12 heavy (non-hydrogen) atoms.